The van der Waals surface area contributed by atoms with E-state index in [0.29, 0.717) is 28.4 Å². The molecule has 6 nitrogen and oxygen atoms in total. The number of aliphatic hydroxyl groups is 1. The highest BCUT2D eigenvalue weighted by molar-refractivity contribution is 7.21. The first-order valence-corrected chi connectivity index (χ1v) is 7.21. The number of nitrogens with zero attached hydrogens (tertiary/aromatic N) is 2. The minimum atomic E-state index is -0.439. The second kappa shape index (κ2) is 5.72. The van der Waals surface area contributed by atoms with Crippen molar-refractivity contribution in [3.05, 3.63) is 16.1 Å². The number of hydrogen-bond donors (Lipinski definition) is 3. The minimum absolute atomic E-state index is 0.233. The fourth-order valence-electron chi connectivity index (χ4n) is 1.88. The van der Waals surface area contributed by atoms with Crippen LogP contribution in [-0.4, -0.2) is 33.9 Å². The molecule has 0 aromatic carbocycles. The second-order valence-corrected chi connectivity index (χ2v) is 5.83. The molecule has 1 unspecified atom stereocenters. The normalized spacial score (nSPS) is 12.6. The van der Waals surface area contributed by atoms with Crippen molar-refractivity contribution in [3.8, 4) is 0 Å². The monoisotopic (exact) mass is 294 g/mol. The van der Waals surface area contributed by atoms with Crippen molar-refractivity contribution in [2.45, 2.75) is 33.3 Å². The van der Waals surface area contributed by atoms with Gasteiger partial charge < -0.3 is 16.2 Å². The van der Waals surface area contributed by atoms with Crippen LogP contribution in [0.2, 0.25) is 0 Å². The molecule has 2 rings (SSSR count). The average molecular weight is 294 g/mol. The summed E-state index contributed by atoms with van der Waals surface area (Å²) in [5.74, 6) is -0.233. The molecule has 0 spiro atoms. The molecule has 0 bridgehead atoms. The number of nitrogens with two attached hydrogens (primary N) is 1. The highest BCUT2D eigenvalue weighted by Crippen LogP contribution is 2.34. The van der Waals surface area contributed by atoms with Crippen LogP contribution in [-0.2, 0) is 0 Å². The van der Waals surface area contributed by atoms with E-state index in [1.54, 1.807) is 6.92 Å². The molecule has 0 aliphatic heterocycles. The van der Waals surface area contributed by atoms with Gasteiger partial charge in [-0.1, -0.05) is 0 Å². The molecular formula is C13H18N4O2S. The fraction of sp³-hybridized carbons (Fsp3) is 0.462. The molecule has 2 aromatic heterocycles. The van der Waals surface area contributed by atoms with Crippen LogP contribution in [0, 0.1) is 13.8 Å². The number of rotatable bonds is 4. The molecule has 0 aliphatic carbocycles. The number of nitrogen functional groups attached to an aromatic ring is 1. The zero-order valence-corrected chi connectivity index (χ0v) is 12.5. The van der Waals surface area contributed by atoms with Crippen LogP contribution < -0.4 is 11.1 Å². The summed E-state index contributed by atoms with van der Waals surface area (Å²) < 4.78 is 0. The first kappa shape index (κ1) is 14.7. The maximum absolute atomic E-state index is 12.1. The number of carbonyl (C=O) groups is 1. The van der Waals surface area contributed by atoms with E-state index < -0.39 is 6.10 Å². The third kappa shape index (κ3) is 2.73. The largest absolute Gasteiger partial charge is 0.397 e. The summed E-state index contributed by atoms with van der Waals surface area (Å²) in [4.78, 5) is 13.2. The SMILES string of the molecule is Cc1nnc2sc(C(=O)NCCC(C)O)c(N)c2c1C. The summed E-state index contributed by atoms with van der Waals surface area (Å²) >= 11 is 1.24. The van der Waals surface area contributed by atoms with E-state index in [0.717, 1.165) is 16.6 Å². The number of hydrogen-bond acceptors (Lipinski definition) is 6. The Morgan fingerprint density at radius 2 is 2.15 bits per heavy atom. The highest BCUT2D eigenvalue weighted by atomic mass is 32.1. The fourth-order valence-corrected chi connectivity index (χ4v) is 2.90. The van der Waals surface area contributed by atoms with Gasteiger partial charge in [-0.25, -0.2) is 0 Å². The van der Waals surface area contributed by atoms with Gasteiger partial charge in [-0.15, -0.1) is 16.4 Å². The predicted octanol–water partition coefficient (Wildman–Crippen LogP) is 1.39. The molecule has 0 saturated carbocycles. The van der Waals surface area contributed by atoms with Gasteiger partial charge in [0.15, 0.2) is 0 Å². The van der Waals surface area contributed by atoms with Gasteiger partial charge in [0.1, 0.15) is 9.71 Å². The molecule has 1 atom stereocenters. The lowest BCUT2D eigenvalue weighted by Gasteiger charge is -2.06. The lowest BCUT2D eigenvalue weighted by Crippen LogP contribution is -2.26. The third-order valence-electron chi connectivity index (χ3n) is 3.19. The van der Waals surface area contributed by atoms with Crippen molar-refractivity contribution in [1.82, 2.24) is 15.5 Å². The molecule has 0 fully saturated rings. The van der Waals surface area contributed by atoms with Gasteiger partial charge in [-0.05, 0) is 32.8 Å². The Kier molecular flexibility index (Phi) is 4.20. The number of carbonyl (C=O) groups excluding carboxylic acids is 1. The second-order valence-electron chi connectivity index (χ2n) is 4.83. The molecule has 4 N–H and O–H groups in total. The Bertz CT molecular complexity index is 651. The zero-order valence-electron chi connectivity index (χ0n) is 11.7. The Morgan fingerprint density at radius 1 is 1.45 bits per heavy atom. The van der Waals surface area contributed by atoms with Crippen LogP contribution in [0.3, 0.4) is 0 Å². The molecule has 2 heterocycles. The molecule has 108 valence electrons. The van der Waals surface area contributed by atoms with Crippen LogP contribution in [0.4, 0.5) is 5.69 Å². The standard InChI is InChI=1S/C13H18N4O2S/c1-6(18)4-5-15-12(19)11-10(14)9-7(2)8(3)16-17-13(9)20-11/h6,18H,4-5,14H2,1-3H3,(H,15,19). The molecule has 7 heteroatoms. The summed E-state index contributed by atoms with van der Waals surface area (Å²) in [6.45, 7) is 5.88. The average Bonchev–Trinajstić information content (AvgIpc) is 2.71. The molecule has 0 aliphatic rings. The van der Waals surface area contributed by atoms with Gasteiger partial charge in [0, 0.05) is 11.9 Å². The van der Waals surface area contributed by atoms with Crippen molar-refractivity contribution < 1.29 is 9.90 Å². The summed E-state index contributed by atoms with van der Waals surface area (Å²) in [6, 6.07) is 0. The Morgan fingerprint density at radius 3 is 2.80 bits per heavy atom. The molecule has 0 saturated heterocycles. The first-order valence-electron chi connectivity index (χ1n) is 6.40. The first-order chi connectivity index (χ1) is 9.41. The molecule has 2 aromatic rings. The lowest BCUT2D eigenvalue weighted by atomic mass is 10.1. The maximum Gasteiger partial charge on any atom is 0.263 e. The summed E-state index contributed by atoms with van der Waals surface area (Å²) in [6.07, 6.45) is 0.0694. The number of amides is 1. The Balaban J connectivity index is 2.29. The highest BCUT2D eigenvalue weighted by Gasteiger charge is 2.19. The quantitative estimate of drug-likeness (QED) is 0.791. The molecule has 20 heavy (non-hydrogen) atoms. The van der Waals surface area contributed by atoms with E-state index in [4.69, 9.17) is 5.73 Å². The smallest absolute Gasteiger partial charge is 0.263 e. The van der Waals surface area contributed by atoms with Gasteiger partial charge in [0.2, 0.25) is 0 Å². The number of thiophene rings is 1. The molecule has 0 radical (unpaired) electrons. The summed E-state index contributed by atoms with van der Waals surface area (Å²) in [5.41, 5.74) is 8.29. The number of aliphatic hydroxyl groups excluding tert-OH is 1. The van der Waals surface area contributed by atoms with Crippen molar-refractivity contribution in [3.63, 3.8) is 0 Å². The van der Waals surface area contributed by atoms with E-state index in [2.05, 4.69) is 15.5 Å². The van der Waals surface area contributed by atoms with Gasteiger partial charge in [0.05, 0.1) is 17.5 Å². The van der Waals surface area contributed by atoms with Crippen molar-refractivity contribution in [1.29, 1.82) is 0 Å². The van der Waals surface area contributed by atoms with Crippen molar-refractivity contribution in [2.24, 2.45) is 0 Å². The van der Waals surface area contributed by atoms with E-state index in [9.17, 15) is 9.90 Å². The maximum atomic E-state index is 12.1. The van der Waals surface area contributed by atoms with Crippen LogP contribution in [0.5, 0.6) is 0 Å². The van der Waals surface area contributed by atoms with Crippen LogP contribution >= 0.6 is 11.3 Å². The number of aryl methyl sites for hydroxylation is 2. The number of aromatic nitrogens is 2. The lowest BCUT2D eigenvalue weighted by molar-refractivity contribution is 0.0950. The van der Waals surface area contributed by atoms with Crippen LogP contribution in [0.15, 0.2) is 0 Å². The molecular weight excluding hydrogens is 276 g/mol. The van der Waals surface area contributed by atoms with Crippen LogP contribution in [0.1, 0.15) is 34.3 Å². The van der Waals surface area contributed by atoms with Crippen molar-refractivity contribution in [2.75, 3.05) is 12.3 Å². The number of fused-ring (bicyclic) bond motifs is 1. The van der Waals surface area contributed by atoms with Gasteiger partial charge >= 0.3 is 0 Å². The zero-order chi connectivity index (χ0) is 14.9. The van der Waals surface area contributed by atoms with E-state index >= 15 is 0 Å². The third-order valence-corrected chi connectivity index (χ3v) is 4.28. The van der Waals surface area contributed by atoms with Crippen LogP contribution in [0.25, 0.3) is 10.2 Å². The van der Waals surface area contributed by atoms with E-state index in [-0.39, 0.29) is 5.91 Å². The predicted molar refractivity (Wildman–Crippen MR) is 79.9 cm³/mol. The Labute approximate surface area is 121 Å². The Hall–Kier alpha value is -1.73. The van der Waals surface area contributed by atoms with Gasteiger partial charge in [-0.3, -0.25) is 4.79 Å². The number of nitrogens with one attached hydrogen (secondary N) is 1. The summed E-state index contributed by atoms with van der Waals surface area (Å²) in [7, 11) is 0. The topological polar surface area (TPSA) is 101 Å². The number of anilines is 1. The summed E-state index contributed by atoms with van der Waals surface area (Å²) in [5, 5.41) is 20.9. The minimum Gasteiger partial charge on any atom is -0.397 e. The van der Waals surface area contributed by atoms with E-state index in [1.807, 2.05) is 13.8 Å². The van der Waals surface area contributed by atoms with E-state index in [1.165, 1.54) is 11.3 Å². The van der Waals surface area contributed by atoms with Gasteiger partial charge in [-0.2, -0.15) is 5.10 Å². The van der Waals surface area contributed by atoms with Crippen molar-refractivity contribution >= 4 is 33.1 Å². The van der Waals surface area contributed by atoms with Gasteiger partial charge in [0.25, 0.3) is 5.91 Å². The molecule has 1 amide bonds.